The summed E-state index contributed by atoms with van der Waals surface area (Å²) >= 11 is 0. The highest BCUT2D eigenvalue weighted by atomic mass is 16.1. The molecular weight excluding hydrogens is 250 g/mol. The van der Waals surface area contributed by atoms with E-state index in [0.29, 0.717) is 12.1 Å². The lowest BCUT2D eigenvalue weighted by Gasteiger charge is -2.08. The first-order chi connectivity index (χ1) is 9.70. The van der Waals surface area contributed by atoms with Gasteiger partial charge in [-0.25, -0.2) is 0 Å². The number of benzene rings is 2. The zero-order valence-corrected chi connectivity index (χ0v) is 10.9. The number of aromatic nitrogens is 1. The van der Waals surface area contributed by atoms with Crippen LogP contribution < -0.4 is 11.5 Å². The van der Waals surface area contributed by atoms with Crippen LogP contribution >= 0.6 is 0 Å². The van der Waals surface area contributed by atoms with Crippen LogP contribution in [0.25, 0.3) is 22.0 Å². The summed E-state index contributed by atoms with van der Waals surface area (Å²) < 4.78 is 0. The maximum Gasteiger partial charge on any atom is 0.250 e. The number of aromatic amines is 1. The number of hydrogen-bond acceptors (Lipinski definition) is 2. The van der Waals surface area contributed by atoms with E-state index >= 15 is 0 Å². The van der Waals surface area contributed by atoms with Gasteiger partial charge in [0, 0.05) is 18.1 Å². The Hall–Kier alpha value is -2.59. The molecule has 0 atom stereocenters. The van der Waals surface area contributed by atoms with Gasteiger partial charge in [0.05, 0.1) is 11.1 Å². The van der Waals surface area contributed by atoms with Crippen molar-refractivity contribution >= 4 is 16.8 Å². The summed E-state index contributed by atoms with van der Waals surface area (Å²) in [6.07, 6.45) is 1.81. The highest BCUT2D eigenvalue weighted by Gasteiger charge is 2.12. The Morgan fingerprint density at radius 1 is 1.15 bits per heavy atom. The highest BCUT2D eigenvalue weighted by molar-refractivity contribution is 6.09. The van der Waals surface area contributed by atoms with Gasteiger partial charge < -0.3 is 16.5 Å². The lowest BCUT2D eigenvalue weighted by molar-refractivity contribution is 0.100. The van der Waals surface area contributed by atoms with Gasteiger partial charge in [0.15, 0.2) is 0 Å². The minimum absolute atomic E-state index is 0.431. The fourth-order valence-corrected chi connectivity index (χ4v) is 2.48. The Kier molecular flexibility index (Phi) is 3.00. The molecule has 2 aromatic carbocycles. The van der Waals surface area contributed by atoms with E-state index in [9.17, 15) is 4.79 Å². The van der Waals surface area contributed by atoms with Crippen molar-refractivity contribution in [2.24, 2.45) is 11.5 Å². The number of carbonyl (C=O) groups is 1. The number of primary amides is 1. The third kappa shape index (κ3) is 1.96. The largest absolute Gasteiger partial charge is 0.366 e. The number of hydrogen-bond donors (Lipinski definition) is 3. The van der Waals surface area contributed by atoms with Crippen LogP contribution in [0.2, 0.25) is 0 Å². The molecule has 0 spiro atoms. The molecule has 3 aromatic rings. The molecule has 1 aromatic heterocycles. The fourth-order valence-electron chi connectivity index (χ4n) is 2.48. The average Bonchev–Trinajstić information content (AvgIpc) is 2.95. The van der Waals surface area contributed by atoms with Gasteiger partial charge in [0.1, 0.15) is 0 Å². The monoisotopic (exact) mass is 265 g/mol. The summed E-state index contributed by atoms with van der Waals surface area (Å²) in [4.78, 5) is 14.5. The standard InChI is InChI=1S/C16H15N3O/c17-9-10-2-1-3-11(8-10)12-4-5-14(16(18)20)15-13(12)6-7-19-15/h1-8,19H,9,17H2,(H2,18,20). The zero-order valence-electron chi connectivity index (χ0n) is 10.9. The molecule has 0 aliphatic rings. The number of nitrogens with two attached hydrogens (primary N) is 2. The van der Waals surface area contributed by atoms with Crippen LogP contribution in [0.4, 0.5) is 0 Å². The van der Waals surface area contributed by atoms with Crippen molar-refractivity contribution in [2.45, 2.75) is 6.54 Å². The summed E-state index contributed by atoms with van der Waals surface area (Å²) in [5.74, 6) is -0.431. The maximum absolute atomic E-state index is 11.4. The predicted molar refractivity (Wildman–Crippen MR) is 80.1 cm³/mol. The van der Waals surface area contributed by atoms with Gasteiger partial charge in [-0.3, -0.25) is 4.79 Å². The van der Waals surface area contributed by atoms with Gasteiger partial charge in [-0.15, -0.1) is 0 Å². The van der Waals surface area contributed by atoms with E-state index in [4.69, 9.17) is 11.5 Å². The molecule has 20 heavy (non-hydrogen) atoms. The predicted octanol–water partition coefficient (Wildman–Crippen LogP) is 2.39. The number of fused-ring (bicyclic) bond motifs is 1. The van der Waals surface area contributed by atoms with Gasteiger partial charge >= 0.3 is 0 Å². The van der Waals surface area contributed by atoms with E-state index in [1.807, 2.05) is 36.5 Å². The van der Waals surface area contributed by atoms with Gasteiger partial charge in [0.2, 0.25) is 0 Å². The van der Waals surface area contributed by atoms with Crippen molar-refractivity contribution in [3.8, 4) is 11.1 Å². The van der Waals surface area contributed by atoms with E-state index in [1.165, 1.54) is 0 Å². The Labute approximate surface area is 116 Å². The van der Waals surface area contributed by atoms with Gasteiger partial charge in [0.25, 0.3) is 5.91 Å². The van der Waals surface area contributed by atoms with E-state index in [-0.39, 0.29) is 0 Å². The van der Waals surface area contributed by atoms with Crippen LogP contribution in [0.3, 0.4) is 0 Å². The molecule has 3 rings (SSSR count). The molecular formula is C16H15N3O. The van der Waals surface area contributed by atoms with Crippen molar-refractivity contribution in [2.75, 3.05) is 0 Å². The zero-order chi connectivity index (χ0) is 14.1. The molecule has 0 bridgehead atoms. The molecule has 5 N–H and O–H groups in total. The Morgan fingerprint density at radius 2 is 2.00 bits per heavy atom. The van der Waals surface area contributed by atoms with Crippen molar-refractivity contribution < 1.29 is 4.79 Å². The lowest BCUT2D eigenvalue weighted by atomic mass is 9.97. The third-order valence-corrected chi connectivity index (χ3v) is 3.46. The second-order valence-corrected chi connectivity index (χ2v) is 4.70. The first-order valence-electron chi connectivity index (χ1n) is 6.40. The maximum atomic E-state index is 11.4. The normalized spacial score (nSPS) is 10.8. The summed E-state index contributed by atoms with van der Waals surface area (Å²) in [5.41, 5.74) is 15.6. The third-order valence-electron chi connectivity index (χ3n) is 3.46. The van der Waals surface area contributed by atoms with Crippen LogP contribution in [-0.2, 0) is 6.54 Å². The second kappa shape index (κ2) is 4.83. The molecule has 0 aliphatic carbocycles. The first-order valence-corrected chi connectivity index (χ1v) is 6.40. The van der Waals surface area contributed by atoms with Crippen LogP contribution in [0.5, 0.6) is 0 Å². The fraction of sp³-hybridized carbons (Fsp3) is 0.0625. The second-order valence-electron chi connectivity index (χ2n) is 4.70. The van der Waals surface area contributed by atoms with E-state index in [0.717, 1.165) is 27.6 Å². The summed E-state index contributed by atoms with van der Waals surface area (Å²) in [7, 11) is 0. The number of nitrogens with one attached hydrogen (secondary N) is 1. The van der Waals surface area contributed by atoms with Crippen molar-refractivity contribution in [1.82, 2.24) is 4.98 Å². The van der Waals surface area contributed by atoms with Gasteiger partial charge in [-0.2, -0.15) is 0 Å². The number of amides is 1. The Balaban J connectivity index is 2.24. The molecule has 4 heteroatoms. The molecule has 1 amide bonds. The van der Waals surface area contributed by atoms with Crippen molar-refractivity contribution in [1.29, 1.82) is 0 Å². The minimum atomic E-state index is -0.431. The van der Waals surface area contributed by atoms with Crippen LogP contribution in [-0.4, -0.2) is 10.9 Å². The quantitative estimate of drug-likeness (QED) is 0.679. The molecule has 0 aliphatic heterocycles. The first kappa shape index (κ1) is 12.4. The summed E-state index contributed by atoms with van der Waals surface area (Å²) in [6.45, 7) is 0.503. The van der Waals surface area contributed by atoms with Gasteiger partial charge in [-0.1, -0.05) is 24.3 Å². The average molecular weight is 265 g/mol. The lowest BCUT2D eigenvalue weighted by Crippen LogP contribution is -2.11. The number of H-pyrrole nitrogens is 1. The van der Waals surface area contributed by atoms with E-state index in [1.54, 1.807) is 6.07 Å². The van der Waals surface area contributed by atoms with E-state index < -0.39 is 5.91 Å². The molecule has 100 valence electrons. The Morgan fingerprint density at radius 3 is 2.75 bits per heavy atom. The summed E-state index contributed by atoms with van der Waals surface area (Å²) in [6, 6.07) is 13.7. The molecule has 1 heterocycles. The SMILES string of the molecule is NCc1cccc(-c2ccc(C(N)=O)c3[nH]ccc23)c1. The smallest absolute Gasteiger partial charge is 0.250 e. The molecule has 0 unspecified atom stereocenters. The van der Waals surface area contributed by atoms with Gasteiger partial charge in [-0.05, 0) is 34.9 Å². The molecule has 4 nitrogen and oxygen atoms in total. The van der Waals surface area contributed by atoms with Crippen LogP contribution in [0.15, 0.2) is 48.7 Å². The molecule has 0 radical (unpaired) electrons. The van der Waals surface area contributed by atoms with E-state index in [2.05, 4.69) is 11.1 Å². The van der Waals surface area contributed by atoms with Crippen LogP contribution in [0.1, 0.15) is 15.9 Å². The van der Waals surface area contributed by atoms with Crippen molar-refractivity contribution in [3.63, 3.8) is 0 Å². The molecule has 0 saturated heterocycles. The van der Waals surface area contributed by atoms with Crippen molar-refractivity contribution in [3.05, 3.63) is 59.8 Å². The Bertz CT molecular complexity index is 789. The summed E-state index contributed by atoms with van der Waals surface area (Å²) in [5, 5.41) is 0.982. The topological polar surface area (TPSA) is 84.9 Å². The minimum Gasteiger partial charge on any atom is -0.366 e. The molecule has 0 saturated carbocycles. The number of carbonyl (C=O) groups excluding carboxylic acids is 1. The van der Waals surface area contributed by atoms with Crippen LogP contribution in [0, 0.1) is 0 Å². The molecule has 0 fully saturated rings. The highest BCUT2D eigenvalue weighted by Crippen LogP contribution is 2.30. The number of rotatable bonds is 3.